The zero-order valence-electron chi connectivity index (χ0n) is 7.40. The van der Waals surface area contributed by atoms with E-state index in [1.54, 1.807) is 25.3 Å². The first-order chi connectivity index (χ1) is 6.03. The Bertz CT molecular complexity index is 388. The van der Waals surface area contributed by atoms with E-state index >= 15 is 0 Å². The number of hydrogen-bond acceptors (Lipinski definition) is 3. The molecular formula is C7H11N3O2S. The highest BCUT2D eigenvalue weighted by molar-refractivity contribution is 7.90. The van der Waals surface area contributed by atoms with E-state index in [-0.39, 0.29) is 0 Å². The quantitative estimate of drug-likeness (QED) is 0.737. The van der Waals surface area contributed by atoms with Gasteiger partial charge in [-0.1, -0.05) is 0 Å². The zero-order valence-corrected chi connectivity index (χ0v) is 8.22. The lowest BCUT2D eigenvalue weighted by molar-refractivity contribution is 0.593. The van der Waals surface area contributed by atoms with Crippen LogP contribution in [-0.4, -0.2) is 20.4 Å². The van der Waals surface area contributed by atoms with Crippen molar-refractivity contribution in [2.45, 2.75) is 6.92 Å². The number of nitrogens with zero attached hydrogens (tertiary/aromatic N) is 1. The lowest BCUT2D eigenvalue weighted by atomic mass is 10.3. The molecule has 1 rings (SSSR count). The normalized spacial score (nSPS) is 11.2. The molecule has 1 heterocycles. The largest absolute Gasteiger partial charge is 0.298 e. The fourth-order valence-electron chi connectivity index (χ4n) is 0.815. The lowest BCUT2D eigenvalue weighted by Crippen LogP contribution is -2.26. The van der Waals surface area contributed by atoms with Gasteiger partial charge in [-0.05, 0) is 19.1 Å². The number of aryl methyl sites for hydroxylation is 1. The maximum Gasteiger partial charge on any atom is 0.298 e. The Morgan fingerprint density at radius 2 is 2.15 bits per heavy atom. The molecular weight excluding hydrogens is 190 g/mol. The molecule has 1 aromatic rings. The number of hydrogen-bond donors (Lipinski definition) is 2. The lowest BCUT2D eigenvalue weighted by Gasteiger charge is -2.05. The summed E-state index contributed by atoms with van der Waals surface area (Å²) in [5.74, 6) is 0. The third kappa shape index (κ3) is 3.00. The number of nitrogens with one attached hydrogen (secondary N) is 2. The van der Waals surface area contributed by atoms with Crippen LogP contribution in [0.3, 0.4) is 0 Å². The number of anilines is 1. The van der Waals surface area contributed by atoms with E-state index in [9.17, 15) is 8.42 Å². The predicted molar refractivity (Wildman–Crippen MR) is 50.6 cm³/mol. The molecule has 0 radical (unpaired) electrons. The highest BCUT2D eigenvalue weighted by Crippen LogP contribution is 2.07. The van der Waals surface area contributed by atoms with Gasteiger partial charge >= 0.3 is 0 Å². The first-order valence-corrected chi connectivity index (χ1v) is 5.16. The van der Waals surface area contributed by atoms with Crippen LogP contribution in [-0.2, 0) is 10.2 Å². The second-order valence-electron chi connectivity index (χ2n) is 2.50. The van der Waals surface area contributed by atoms with Crippen LogP contribution >= 0.6 is 0 Å². The molecule has 0 bridgehead atoms. The topological polar surface area (TPSA) is 71.1 Å². The standard InChI is InChI=1S/C7H11N3O2S/c1-6-5-7(3-4-9-6)10-13(11,12)8-2/h3-5,8H,1-2H3,(H,9,10). The van der Waals surface area contributed by atoms with E-state index in [4.69, 9.17) is 0 Å². The molecule has 0 unspecified atom stereocenters. The molecule has 6 heteroatoms. The van der Waals surface area contributed by atoms with E-state index < -0.39 is 10.2 Å². The van der Waals surface area contributed by atoms with Crippen LogP contribution in [0.15, 0.2) is 18.3 Å². The summed E-state index contributed by atoms with van der Waals surface area (Å²) in [6, 6.07) is 3.23. The maximum atomic E-state index is 11.0. The molecule has 0 spiro atoms. The van der Waals surface area contributed by atoms with Gasteiger partial charge in [0.1, 0.15) is 0 Å². The molecule has 72 valence electrons. The van der Waals surface area contributed by atoms with Crippen molar-refractivity contribution >= 4 is 15.9 Å². The van der Waals surface area contributed by atoms with Gasteiger partial charge in [-0.3, -0.25) is 9.71 Å². The summed E-state index contributed by atoms with van der Waals surface area (Å²) in [7, 11) is -2.07. The number of aromatic nitrogens is 1. The minimum atomic E-state index is -3.42. The molecule has 2 N–H and O–H groups in total. The van der Waals surface area contributed by atoms with E-state index in [2.05, 4.69) is 14.4 Å². The van der Waals surface area contributed by atoms with Gasteiger partial charge in [0.15, 0.2) is 0 Å². The van der Waals surface area contributed by atoms with E-state index in [0.29, 0.717) is 5.69 Å². The molecule has 0 aliphatic rings. The van der Waals surface area contributed by atoms with Gasteiger partial charge in [0.25, 0.3) is 10.2 Å². The molecule has 0 atom stereocenters. The summed E-state index contributed by atoms with van der Waals surface area (Å²) in [5.41, 5.74) is 1.26. The van der Waals surface area contributed by atoms with E-state index in [1.165, 1.54) is 7.05 Å². The van der Waals surface area contributed by atoms with Crippen LogP contribution in [0.1, 0.15) is 5.69 Å². The van der Waals surface area contributed by atoms with Crippen LogP contribution in [0.5, 0.6) is 0 Å². The Labute approximate surface area is 77.4 Å². The average Bonchev–Trinajstić information content (AvgIpc) is 2.03. The van der Waals surface area contributed by atoms with Gasteiger partial charge in [-0.15, -0.1) is 0 Å². The Balaban J connectivity index is 2.87. The van der Waals surface area contributed by atoms with Crippen molar-refractivity contribution in [1.29, 1.82) is 0 Å². The summed E-state index contributed by atoms with van der Waals surface area (Å²) in [4.78, 5) is 3.94. The fourth-order valence-corrected chi connectivity index (χ4v) is 1.35. The zero-order chi connectivity index (χ0) is 9.90. The smallest absolute Gasteiger partial charge is 0.271 e. The molecule has 1 aromatic heterocycles. The molecule has 0 amide bonds. The molecule has 0 fully saturated rings. The van der Waals surface area contributed by atoms with Crippen molar-refractivity contribution in [1.82, 2.24) is 9.71 Å². The minimum Gasteiger partial charge on any atom is -0.271 e. The second kappa shape index (κ2) is 3.71. The van der Waals surface area contributed by atoms with Gasteiger partial charge in [0.05, 0.1) is 5.69 Å². The summed E-state index contributed by atoms with van der Waals surface area (Å²) in [5, 5.41) is 0. The Morgan fingerprint density at radius 1 is 1.46 bits per heavy atom. The van der Waals surface area contributed by atoms with Crippen molar-refractivity contribution in [3.8, 4) is 0 Å². The summed E-state index contributed by atoms with van der Waals surface area (Å²) >= 11 is 0. The van der Waals surface area contributed by atoms with Crippen molar-refractivity contribution < 1.29 is 8.42 Å². The maximum absolute atomic E-state index is 11.0. The van der Waals surface area contributed by atoms with E-state index in [1.807, 2.05) is 0 Å². The minimum absolute atomic E-state index is 0.502. The monoisotopic (exact) mass is 201 g/mol. The third-order valence-corrected chi connectivity index (χ3v) is 2.46. The van der Waals surface area contributed by atoms with Crippen LogP contribution in [0.4, 0.5) is 5.69 Å². The molecule has 0 aliphatic heterocycles. The van der Waals surface area contributed by atoms with E-state index in [0.717, 1.165) is 5.69 Å². The summed E-state index contributed by atoms with van der Waals surface area (Å²) in [6.07, 6.45) is 1.54. The molecule has 5 nitrogen and oxygen atoms in total. The van der Waals surface area contributed by atoms with Crippen molar-refractivity contribution in [2.75, 3.05) is 11.8 Å². The van der Waals surface area contributed by atoms with Crippen LogP contribution in [0.2, 0.25) is 0 Å². The molecule has 13 heavy (non-hydrogen) atoms. The SMILES string of the molecule is CNS(=O)(=O)Nc1ccnc(C)c1. The Morgan fingerprint density at radius 3 is 2.69 bits per heavy atom. The molecule has 0 saturated heterocycles. The van der Waals surface area contributed by atoms with Crippen molar-refractivity contribution in [2.24, 2.45) is 0 Å². The van der Waals surface area contributed by atoms with Gasteiger partial charge in [-0.2, -0.15) is 8.42 Å². The summed E-state index contributed by atoms with van der Waals surface area (Å²) < 4.78 is 26.6. The predicted octanol–water partition coefficient (Wildman–Crippen LogP) is 0.266. The van der Waals surface area contributed by atoms with Crippen LogP contribution in [0, 0.1) is 6.92 Å². The Hall–Kier alpha value is -1.14. The van der Waals surface area contributed by atoms with Gasteiger partial charge in [0, 0.05) is 18.9 Å². The first kappa shape index (κ1) is 9.94. The molecule has 0 aliphatic carbocycles. The highest BCUT2D eigenvalue weighted by Gasteiger charge is 2.05. The second-order valence-corrected chi connectivity index (χ2v) is 4.11. The van der Waals surface area contributed by atoms with Crippen LogP contribution < -0.4 is 9.44 Å². The highest BCUT2D eigenvalue weighted by atomic mass is 32.2. The number of rotatable bonds is 3. The van der Waals surface area contributed by atoms with Gasteiger partial charge in [-0.25, -0.2) is 4.72 Å². The van der Waals surface area contributed by atoms with Crippen molar-refractivity contribution in [3.05, 3.63) is 24.0 Å². The third-order valence-electron chi connectivity index (χ3n) is 1.42. The average molecular weight is 201 g/mol. The Kier molecular flexibility index (Phi) is 2.84. The molecule has 0 saturated carbocycles. The molecule has 0 aromatic carbocycles. The summed E-state index contributed by atoms with van der Waals surface area (Å²) in [6.45, 7) is 1.79. The first-order valence-electron chi connectivity index (χ1n) is 3.67. The number of pyridine rings is 1. The fraction of sp³-hybridized carbons (Fsp3) is 0.286. The van der Waals surface area contributed by atoms with Crippen molar-refractivity contribution in [3.63, 3.8) is 0 Å². The van der Waals surface area contributed by atoms with Gasteiger partial charge < -0.3 is 0 Å². The van der Waals surface area contributed by atoms with Crippen LogP contribution in [0.25, 0.3) is 0 Å². The van der Waals surface area contributed by atoms with Gasteiger partial charge in [0.2, 0.25) is 0 Å².